The fourth-order valence-electron chi connectivity index (χ4n) is 2.04. The normalized spacial score (nSPS) is 12.4. The number of hydrogen-bond acceptors (Lipinski definition) is 8. The Morgan fingerprint density at radius 3 is 2.48 bits per heavy atom. The van der Waals surface area contributed by atoms with E-state index in [1.807, 2.05) is 24.3 Å². The number of esters is 1. The zero-order valence-corrected chi connectivity index (χ0v) is 16.1. The number of hydrogen-bond donors (Lipinski definition) is 1. The molecule has 0 radical (unpaired) electrons. The maximum atomic E-state index is 13.0. The molecule has 7 nitrogen and oxygen atoms in total. The monoisotopic (exact) mass is 384 g/mol. The van der Waals surface area contributed by atoms with Gasteiger partial charge in [0.25, 0.3) is 0 Å². The van der Waals surface area contributed by atoms with Crippen LogP contribution in [0, 0.1) is 0 Å². The summed E-state index contributed by atoms with van der Waals surface area (Å²) in [5, 5.41) is 3.28. The first-order chi connectivity index (χ1) is 12.0. The molecule has 0 atom stereocenters. The van der Waals surface area contributed by atoms with Crippen molar-refractivity contribution in [3.05, 3.63) is 35.8 Å². The number of fused-ring (bicyclic) bond motifs is 1. The summed E-state index contributed by atoms with van der Waals surface area (Å²) in [6.07, 6.45) is 1.29. The molecule has 1 N–H and O–H groups in total. The van der Waals surface area contributed by atoms with Gasteiger partial charge >= 0.3 is 13.6 Å². The summed E-state index contributed by atoms with van der Waals surface area (Å²) < 4.78 is 29.4. The maximum absolute atomic E-state index is 13.0. The Bertz CT molecular complexity index is 762. The van der Waals surface area contributed by atoms with Crippen LogP contribution in [0.25, 0.3) is 10.2 Å². The minimum Gasteiger partial charge on any atom is -0.462 e. The van der Waals surface area contributed by atoms with E-state index < -0.39 is 13.6 Å². The van der Waals surface area contributed by atoms with E-state index in [9.17, 15) is 9.36 Å². The van der Waals surface area contributed by atoms with Crippen molar-refractivity contribution in [3.63, 3.8) is 0 Å². The van der Waals surface area contributed by atoms with Gasteiger partial charge in [0.05, 0.1) is 30.0 Å². The van der Waals surface area contributed by atoms with Gasteiger partial charge < -0.3 is 19.1 Å². The Kier molecular flexibility index (Phi) is 7.13. The van der Waals surface area contributed by atoms with Crippen molar-refractivity contribution in [1.82, 2.24) is 4.98 Å². The van der Waals surface area contributed by atoms with E-state index in [0.717, 1.165) is 10.2 Å². The third-order valence-electron chi connectivity index (χ3n) is 3.00. The Morgan fingerprint density at radius 1 is 1.20 bits per heavy atom. The summed E-state index contributed by atoms with van der Waals surface area (Å²) in [5.41, 5.74) is 0.832. The summed E-state index contributed by atoms with van der Waals surface area (Å²) in [6, 6.07) is 7.64. The summed E-state index contributed by atoms with van der Waals surface area (Å²) in [4.78, 5) is 16.7. The van der Waals surface area contributed by atoms with E-state index in [-0.39, 0.29) is 25.1 Å². The van der Waals surface area contributed by atoms with Crippen LogP contribution in [0.3, 0.4) is 0 Å². The molecule has 1 aromatic carbocycles. The highest BCUT2D eigenvalue weighted by Gasteiger charge is 2.36. The molecular formula is C16H21N2O5PS. The van der Waals surface area contributed by atoms with Crippen LogP contribution in [-0.4, -0.2) is 30.8 Å². The van der Waals surface area contributed by atoms with Gasteiger partial charge in [0.15, 0.2) is 10.4 Å². The molecule has 0 aliphatic rings. The van der Waals surface area contributed by atoms with E-state index in [0.29, 0.717) is 5.13 Å². The first-order valence-corrected chi connectivity index (χ1v) is 10.3. The number of anilines is 1. The van der Waals surface area contributed by atoms with Crippen molar-refractivity contribution < 1.29 is 23.1 Å². The number of para-hydroxylation sites is 1. The highest BCUT2D eigenvalue weighted by atomic mass is 32.1. The molecule has 2 aromatic rings. The SMILES string of the molecule is CCOC(=O)/C(=C/Nc1nc2ccccc2s1)P(=O)(OCC)OCC. The lowest BCUT2D eigenvalue weighted by Crippen LogP contribution is -2.13. The summed E-state index contributed by atoms with van der Waals surface area (Å²) in [5.74, 6) is -0.749. The van der Waals surface area contributed by atoms with Crippen LogP contribution in [0.2, 0.25) is 0 Å². The van der Waals surface area contributed by atoms with Crippen molar-refractivity contribution in [2.75, 3.05) is 25.1 Å². The van der Waals surface area contributed by atoms with Crippen LogP contribution >= 0.6 is 18.9 Å². The fourth-order valence-corrected chi connectivity index (χ4v) is 4.41. The van der Waals surface area contributed by atoms with Crippen LogP contribution < -0.4 is 5.32 Å². The Morgan fingerprint density at radius 2 is 1.88 bits per heavy atom. The van der Waals surface area contributed by atoms with Gasteiger partial charge in [-0.05, 0) is 32.9 Å². The number of rotatable bonds is 9. The van der Waals surface area contributed by atoms with Gasteiger partial charge in [-0.1, -0.05) is 23.5 Å². The number of ether oxygens (including phenoxy) is 1. The summed E-state index contributed by atoms with van der Waals surface area (Å²) >= 11 is 1.41. The van der Waals surface area contributed by atoms with Gasteiger partial charge in [0.2, 0.25) is 0 Å². The average molecular weight is 384 g/mol. The van der Waals surface area contributed by atoms with Gasteiger partial charge in [-0.2, -0.15) is 0 Å². The molecule has 0 unspecified atom stereocenters. The summed E-state index contributed by atoms with van der Waals surface area (Å²) in [6.45, 7) is 5.44. The quantitative estimate of drug-likeness (QED) is 0.390. The van der Waals surface area contributed by atoms with Gasteiger partial charge in [-0.15, -0.1) is 0 Å². The highest BCUT2D eigenvalue weighted by molar-refractivity contribution is 7.59. The Balaban J connectivity index is 2.34. The predicted octanol–water partition coefficient (Wildman–Crippen LogP) is 4.38. The number of aromatic nitrogens is 1. The van der Waals surface area contributed by atoms with Crippen LogP contribution in [0.15, 0.2) is 35.8 Å². The standard InChI is InChI=1S/C16H21N2O5PS/c1-4-21-15(19)13(24(20,22-5-2)23-6-3)11-17-16-18-12-9-7-8-10-14(12)25-16/h7-11H,4-6H2,1-3H3,(H,17,18)/b13-11-. The first-order valence-electron chi connectivity index (χ1n) is 7.93. The third-order valence-corrected chi connectivity index (χ3v) is 6.07. The largest absolute Gasteiger partial charge is 0.462 e. The maximum Gasteiger partial charge on any atom is 0.370 e. The molecule has 0 saturated heterocycles. The molecule has 136 valence electrons. The molecule has 0 spiro atoms. The van der Waals surface area contributed by atoms with Crippen molar-refractivity contribution in [1.29, 1.82) is 0 Å². The smallest absolute Gasteiger partial charge is 0.370 e. The van der Waals surface area contributed by atoms with Crippen molar-refractivity contribution in [2.24, 2.45) is 0 Å². The molecule has 0 aliphatic carbocycles. The van der Waals surface area contributed by atoms with E-state index in [1.165, 1.54) is 17.5 Å². The fraction of sp³-hybridized carbons (Fsp3) is 0.375. The molecule has 0 aliphatic heterocycles. The van der Waals surface area contributed by atoms with Crippen molar-refractivity contribution in [3.8, 4) is 0 Å². The van der Waals surface area contributed by atoms with Gasteiger partial charge in [-0.3, -0.25) is 4.57 Å². The number of benzene rings is 1. The lowest BCUT2D eigenvalue weighted by Gasteiger charge is -2.18. The van der Waals surface area contributed by atoms with E-state index in [2.05, 4.69) is 10.3 Å². The molecule has 0 bridgehead atoms. The Hall–Kier alpha value is -1.73. The molecule has 0 amide bonds. The number of carbonyl (C=O) groups excluding carboxylic acids is 1. The van der Waals surface area contributed by atoms with Crippen LogP contribution in [0.4, 0.5) is 5.13 Å². The highest BCUT2D eigenvalue weighted by Crippen LogP contribution is 2.56. The topological polar surface area (TPSA) is 86.8 Å². The molecule has 1 heterocycles. The summed E-state index contributed by atoms with van der Waals surface area (Å²) in [7, 11) is -3.79. The lowest BCUT2D eigenvalue weighted by molar-refractivity contribution is -0.137. The number of nitrogens with zero attached hydrogens (tertiary/aromatic N) is 1. The van der Waals surface area contributed by atoms with Crippen LogP contribution in [0.1, 0.15) is 20.8 Å². The second-order valence-electron chi connectivity index (χ2n) is 4.71. The molecule has 9 heteroatoms. The minimum atomic E-state index is -3.79. The van der Waals surface area contributed by atoms with Gasteiger partial charge in [-0.25, -0.2) is 9.78 Å². The molecule has 2 rings (SSSR count). The van der Waals surface area contributed by atoms with E-state index in [1.54, 1.807) is 20.8 Å². The number of carbonyl (C=O) groups is 1. The number of thiazole rings is 1. The average Bonchev–Trinajstić information content (AvgIpc) is 2.98. The van der Waals surface area contributed by atoms with Crippen LogP contribution in [-0.2, 0) is 23.1 Å². The van der Waals surface area contributed by atoms with E-state index >= 15 is 0 Å². The van der Waals surface area contributed by atoms with E-state index in [4.69, 9.17) is 13.8 Å². The second kappa shape index (κ2) is 9.10. The van der Waals surface area contributed by atoms with Gasteiger partial charge in [0.1, 0.15) is 0 Å². The van der Waals surface area contributed by atoms with Crippen molar-refractivity contribution in [2.45, 2.75) is 20.8 Å². The number of nitrogens with one attached hydrogen (secondary N) is 1. The van der Waals surface area contributed by atoms with Crippen LogP contribution in [0.5, 0.6) is 0 Å². The van der Waals surface area contributed by atoms with Gasteiger partial charge in [0, 0.05) is 6.20 Å². The first kappa shape index (κ1) is 19.6. The zero-order chi connectivity index (χ0) is 18.3. The predicted molar refractivity (Wildman–Crippen MR) is 98.8 cm³/mol. The molecule has 0 fully saturated rings. The minimum absolute atomic E-state index is 0.134. The molecular weight excluding hydrogens is 363 g/mol. The zero-order valence-electron chi connectivity index (χ0n) is 14.4. The molecule has 0 saturated carbocycles. The van der Waals surface area contributed by atoms with Crippen molar-refractivity contribution >= 4 is 40.3 Å². The Labute approximate surface area is 150 Å². The third kappa shape index (κ3) is 4.89. The molecule has 25 heavy (non-hydrogen) atoms. The lowest BCUT2D eigenvalue weighted by atomic mass is 10.3. The molecule has 1 aromatic heterocycles. The second-order valence-corrected chi connectivity index (χ2v) is 7.74.